The summed E-state index contributed by atoms with van der Waals surface area (Å²) in [6.45, 7) is 0.960. The van der Waals surface area contributed by atoms with E-state index in [0.29, 0.717) is 24.1 Å². The summed E-state index contributed by atoms with van der Waals surface area (Å²) in [7, 11) is 0. The SMILES string of the molecule is NCc1ccc(F)c2c1ncn2Cc1ccccc1. The highest BCUT2D eigenvalue weighted by Gasteiger charge is 2.11. The summed E-state index contributed by atoms with van der Waals surface area (Å²) >= 11 is 0. The number of rotatable bonds is 3. The molecule has 0 aliphatic carbocycles. The van der Waals surface area contributed by atoms with Gasteiger partial charge in [0.05, 0.1) is 11.8 Å². The van der Waals surface area contributed by atoms with E-state index in [1.165, 1.54) is 6.07 Å². The third-order valence-electron chi connectivity index (χ3n) is 3.21. The fourth-order valence-corrected chi connectivity index (χ4v) is 2.26. The van der Waals surface area contributed by atoms with Crippen molar-refractivity contribution in [1.82, 2.24) is 9.55 Å². The van der Waals surface area contributed by atoms with Crippen LogP contribution in [0.15, 0.2) is 48.8 Å². The zero-order valence-corrected chi connectivity index (χ0v) is 10.4. The summed E-state index contributed by atoms with van der Waals surface area (Å²) in [5.74, 6) is -0.263. The smallest absolute Gasteiger partial charge is 0.149 e. The summed E-state index contributed by atoms with van der Waals surface area (Å²) < 4.78 is 15.8. The molecule has 0 spiro atoms. The second-order valence-electron chi connectivity index (χ2n) is 4.47. The molecular weight excluding hydrogens is 241 g/mol. The molecule has 3 aromatic rings. The highest BCUT2D eigenvalue weighted by atomic mass is 19.1. The number of aromatic nitrogens is 2. The molecule has 1 aromatic heterocycles. The first kappa shape index (κ1) is 11.9. The van der Waals surface area contributed by atoms with E-state index in [-0.39, 0.29) is 5.82 Å². The Balaban J connectivity index is 2.10. The Morgan fingerprint density at radius 1 is 1.11 bits per heavy atom. The lowest BCUT2D eigenvalue weighted by atomic mass is 10.1. The lowest BCUT2D eigenvalue weighted by Gasteiger charge is -2.06. The summed E-state index contributed by atoms with van der Waals surface area (Å²) in [5.41, 5.74) is 8.80. The lowest BCUT2D eigenvalue weighted by Crippen LogP contribution is -2.01. The number of hydrogen-bond acceptors (Lipinski definition) is 2. The van der Waals surface area contributed by atoms with Gasteiger partial charge in [0.1, 0.15) is 11.3 Å². The summed E-state index contributed by atoms with van der Waals surface area (Å²) in [6, 6.07) is 13.1. The second-order valence-corrected chi connectivity index (χ2v) is 4.47. The van der Waals surface area contributed by atoms with Crippen molar-refractivity contribution in [3.63, 3.8) is 0 Å². The molecule has 2 N–H and O–H groups in total. The minimum absolute atomic E-state index is 0.263. The van der Waals surface area contributed by atoms with Crippen LogP contribution in [0, 0.1) is 5.82 Å². The van der Waals surface area contributed by atoms with Crippen LogP contribution in [0.4, 0.5) is 4.39 Å². The van der Waals surface area contributed by atoms with Crippen molar-refractivity contribution >= 4 is 11.0 Å². The van der Waals surface area contributed by atoms with E-state index in [4.69, 9.17) is 5.73 Å². The first-order chi connectivity index (χ1) is 9.29. The molecule has 3 rings (SSSR count). The molecule has 0 radical (unpaired) electrons. The Morgan fingerprint density at radius 2 is 1.89 bits per heavy atom. The van der Waals surface area contributed by atoms with E-state index in [9.17, 15) is 4.39 Å². The van der Waals surface area contributed by atoms with Gasteiger partial charge in [-0.15, -0.1) is 0 Å². The van der Waals surface area contributed by atoms with Crippen LogP contribution in [0.5, 0.6) is 0 Å². The van der Waals surface area contributed by atoms with Crippen LogP contribution in [0.2, 0.25) is 0 Å². The molecule has 0 fully saturated rings. The van der Waals surface area contributed by atoms with Crippen molar-refractivity contribution in [1.29, 1.82) is 0 Å². The van der Waals surface area contributed by atoms with E-state index in [1.54, 1.807) is 12.4 Å². The van der Waals surface area contributed by atoms with Crippen LogP contribution in [0.3, 0.4) is 0 Å². The molecule has 2 aromatic carbocycles. The van der Waals surface area contributed by atoms with E-state index < -0.39 is 0 Å². The van der Waals surface area contributed by atoms with Gasteiger partial charge in [-0.2, -0.15) is 0 Å². The van der Waals surface area contributed by atoms with Crippen molar-refractivity contribution in [2.45, 2.75) is 13.1 Å². The zero-order chi connectivity index (χ0) is 13.2. The van der Waals surface area contributed by atoms with Crippen molar-refractivity contribution in [2.24, 2.45) is 5.73 Å². The minimum Gasteiger partial charge on any atom is -0.326 e. The van der Waals surface area contributed by atoms with E-state index in [2.05, 4.69) is 4.98 Å². The van der Waals surface area contributed by atoms with Gasteiger partial charge < -0.3 is 10.3 Å². The fourth-order valence-electron chi connectivity index (χ4n) is 2.26. The lowest BCUT2D eigenvalue weighted by molar-refractivity contribution is 0.628. The van der Waals surface area contributed by atoms with E-state index >= 15 is 0 Å². The number of nitrogens with zero attached hydrogens (tertiary/aromatic N) is 2. The predicted octanol–water partition coefficient (Wildman–Crippen LogP) is 2.68. The van der Waals surface area contributed by atoms with Gasteiger partial charge in [0.25, 0.3) is 0 Å². The van der Waals surface area contributed by atoms with Crippen LogP contribution in [0.1, 0.15) is 11.1 Å². The second kappa shape index (κ2) is 4.82. The number of hydrogen-bond donors (Lipinski definition) is 1. The van der Waals surface area contributed by atoms with Crippen molar-refractivity contribution in [3.05, 3.63) is 65.7 Å². The monoisotopic (exact) mass is 255 g/mol. The Hall–Kier alpha value is -2.20. The van der Waals surface area contributed by atoms with Crippen LogP contribution < -0.4 is 5.73 Å². The molecule has 0 unspecified atom stereocenters. The van der Waals surface area contributed by atoms with Gasteiger partial charge in [0.2, 0.25) is 0 Å². The van der Waals surface area contributed by atoms with Gasteiger partial charge >= 0.3 is 0 Å². The molecule has 0 aliphatic heterocycles. The van der Waals surface area contributed by atoms with E-state index in [1.807, 2.05) is 34.9 Å². The molecule has 0 saturated heterocycles. The standard InChI is InChI=1S/C15H14FN3/c16-13-7-6-12(8-17)14-15(13)19(10-18-14)9-11-4-2-1-3-5-11/h1-7,10H,8-9,17H2. The van der Waals surface area contributed by atoms with E-state index in [0.717, 1.165) is 11.1 Å². The normalized spacial score (nSPS) is 11.1. The number of nitrogens with two attached hydrogens (primary N) is 1. The number of halogens is 1. The topological polar surface area (TPSA) is 43.8 Å². The first-order valence-corrected chi connectivity index (χ1v) is 6.16. The Morgan fingerprint density at radius 3 is 2.63 bits per heavy atom. The molecular formula is C15H14FN3. The summed E-state index contributed by atoms with van der Waals surface area (Å²) in [6.07, 6.45) is 1.67. The molecule has 1 heterocycles. The van der Waals surface area contributed by atoms with Crippen LogP contribution in [0.25, 0.3) is 11.0 Å². The highest BCUT2D eigenvalue weighted by molar-refractivity contribution is 5.79. The molecule has 4 heteroatoms. The van der Waals surface area contributed by atoms with Gasteiger partial charge in [0.15, 0.2) is 0 Å². The van der Waals surface area contributed by atoms with Gasteiger partial charge in [0, 0.05) is 13.1 Å². The molecule has 0 bridgehead atoms. The minimum atomic E-state index is -0.263. The largest absolute Gasteiger partial charge is 0.326 e. The Labute approximate surface area is 110 Å². The van der Waals surface area contributed by atoms with Crippen LogP contribution in [-0.2, 0) is 13.1 Å². The van der Waals surface area contributed by atoms with Crippen molar-refractivity contribution in [2.75, 3.05) is 0 Å². The maximum absolute atomic E-state index is 14.0. The average Bonchev–Trinajstić information content (AvgIpc) is 2.85. The molecule has 96 valence electrons. The third kappa shape index (κ3) is 2.11. The molecule has 0 amide bonds. The van der Waals surface area contributed by atoms with Gasteiger partial charge in [-0.3, -0.25) is 0 Å². The molecule has 0 saturated carbocycles. The maximum atomic E-state index is 14.0. The van der Waals surface area contributed by atoms with Gasteiger partial charge in [-0.05, 0) is 17.2 Å². The highest BCUT2D eigenvalue weighted by Crippen LogP contribution is 2.21. The van der Waals surface area contributed by atoms with Gasteiger partial charge in [-0.25, -0.2) is 9.37 Å². The molecule has 19 heavy (non-hydrogen) atoms. The average molecular weight is 255 g/mol. The first-order valence-electron chi connectivity index (χ1n) is 6.16. The Bertz CT molecular complexity index is 704. The Kier molecular flexibility index (Phi) is 3.01. The van der Waals surface area contributed by atoms with Crippen molar-refractivity contribution < 1.29 is 4.39 Å². The number of fused-ring (bicyclic) bond motifs is 1. The summed E-state index contributed by atoms with van der Waals surface area (Å²) in [5, 5.41) is 0. The van der Waals surface area contributed by atoms with Crippen molar-refractivity contribution in [3.8, 4) is 0 Å². The molecule has 0 aliphatic rings. The molecule has 3 nitrogen and oxygen atoms in total. The quantitative estimate of drug-likeness (QED) is 0.782. The number of benzene rings is 2. The number of imidazole rings is 1. The third-order valence-corrected chi connectivity index (χ3v) is 3.21. The summed E-state index contributed by atoms with van der Waals surface area (Å²) in [4.78, 5) is 4.29. The van der Waals surface area contributed by atoms with Gasteiger partial charge in [-0.1, -0.05) is 36.4 Å². The predicted molar refractivity (Wildman–Crippen MR) is 73.1 cm³/mol. The molecule has 0 atom stereocenters. The fraction of sp³-hybridized carbons (Fsp3) is 0.133. The maximum Gasteiger partial charge on any atom is 0.149 e. The zero-order valence-electron chi connectivity index (χ0n) is 10.4. The van der Waals surface area contributed by atoms with Crippen LogP contribution >= 0.6 is 0 Å². The van der Waals surface area contributed by atoms with Crippen LogP contribution in [-0.4, -0.2) is 9.55 Å².